The van der Waals surface area contributed by atoms with Gasteiger partial charge >= 0.3 is 5.97 Å². The van der Waals surface area contributed by atoms with Gasteiger partial charge in [-0.05, 0) is 49.2 Å². The Labute approximate surface area is 204 Å². The van der Waals surface area contributed by atoms with E-state index < -0.39 is 5.97 Å². The number of anilines is 1. The number of rotatable bonds is 8. The Hall–Kier alpha value is -4.26. The smallest absolute Gasteiger partial charge is 0.341 e. The zero-order valence-electron chi connectivity index (χ0n) is 19.6. The quantitative estimate of drug-likeness (QED) is 0.366. The lowest BCUT2D eigenvalue weighted by Crippen LogP contribution is -2.32. The van der Waals surface area contributed by atoms with Gasteiger partial charge in [-0.3, -0.25) is 0 Å². The number of carboxylic acids is 1. The highest BCUT2D eigenvalue weighted by molar-refractivity contribution is 5.83. The summed E-state index contributed by atoms with van der Waals surface area (Å²) in [6.07, 6.45) is 1.01. The van der Waals surface area contributed by atoms with Crippen molar-refractivity contribution in [3.8, 4) is 28.4 Å². The van der Waals surface area contributed by atoms with E-state index in [1.54, 1.807) is 0 Å². The molecule has 178 valence electrons. The third kappa shape index (κ3) is 4.99. The van der Waals surface area contributed by atoms with Crippen LogP contribution in [0.1, 0.15) is 17.7 Å². The van der Waals surface area contributed by atoms with E-state index in [9.17, 15) is 4.79 Å². The van der Waals surface area contributed by atoms with Crippen molar-refractivity contribution in [3.05, 3.63) is 90.1 Å². The summed E-state index contributed by atoms with van der Waals surface area (Å²) >= 11 is 0. The molecule has 0 saturated carbocycles. The number of nitrogens with zero attached hydrogens (tertiary/aromatic N) is 3. The number of ether oxygens (including phenoxy) is 2. The van der Waals surface area contributed by atoms with Crippen LogP contribution >= 0.6 is 0 Å². The van der Waals surface area contributed by atoms with Crippen molar-refractivity contribution in [2.24, 2.45) is 0 Å². The molecule has 0 atom stereocenters. The molecule has 0 fully saturated rings. The predicted molar refractivity (Wildman–Crippen MR) is 134 cm³/mol. The number of carbonyl (C=O) groups is 1. The Bertz CT molecular complexity index is 1320. The van der Waals surface area contributed by atoms with Gasteiger partial charge in [-0.1, -0.05) is 48.5 Å². The third-order valence-electron chi connectivity index (χ3n) is 5.98. The van der Waals surface area contributed by atoms with Crippen LogP contribution in [0, 0.1) is 6.92 Å². The average molecular weight is 470 g/mol. The molecule has 7 nitrogen and oxygen atoms in total. The lowest BCUT2D eigenvalue weighted by Gasteiger charge is -2.31. The van der Waals surface area contributed by atoms with Crippen LogP contribution < -0.4 is 14.4 Å². The fraction of sp³-hybridized carbons (Fsp3) is 0.214. The van der Waals surface area contributed by atoms with Gasteiger partial charge in [0.25, 0.3) is 0 Å². The molecule has 0 spiro atoms. The van der Waals surface area contributed by atoms with Crippen molar-refractivity contribution in [2.75, 3.05) is 18.1 Å². The van der Waals surface area contributed by atoms with Crippen LogP contribution in [0.3, 0.4) is 0 Å². The van der Waals surface area contributed by atoms with Crippen molar-refractivity contribution in [3.63, 3.8) is 0 Å². The summed E-state index contributed by atoms with van der Waals surface area (Å²) in [6, 6.07) is 25.5. The van der Waals surface area contributed by atoms with Crippen molar-refractivity contribution in [2.45, 2.75) is 26.4 Å². The molecule has 3 aromatic carbocycles. The molecular formula is C28H27N3O4. The van der Waals surface area contributed by atoms with E-state index in [4.69, 9.17) is 19.7 Å². The summed E-state index contributed by atoms with van der Waals surface area (Å²) < 4.78 is 13.6. The standard InChI is InChI=1S/C28H27N3O4/c1-20-27(24-10-5-6-11-25(24)35-23-8-3-2-4-9-23)28-30(16-7-17-31(28)29-20)18-21-12-14-22(15-13-21)34-19-26(32)33/h2-6,8-15H,7,16-19H2,1H3,(H,32,33). The van der Waals surface area contributed by atoms with Gasteiger partial charge < -0.3 is 19.5 Å². The molecule has 1 N–H and O–H groups in total. The summed E-state index contributed by atoms with van der Waals surface area (Å²) in [6.45, 7) is 4.19. The largest absolute Gasteiger partial charge is 0.482 e. The Morgan fingerprint density at radius 1 is 0.943 bits per heavy atom. The Balaban J connectivity index is 1.45. The van der Waals surface area contributed by atoms with E-state index >= 15 is 0 Å². The second-order valence-corrected chi connectivity index (χ2v) is 8.52. The number of carboxylic acid groups (broad SMARTS) is 1. The molecular weight excluding hydrogens is 442 g/mol. The molecule has 4 aromatic rings. The first-order chi connectivity index (χ1) is 17.1. The predicted octanol–water partition coefficient (Wildman–Crippen LogP) is 5.52. The van der Waals surface area contributed by atoms with Crippen LogP contribution in [0.25, 0.3) is 11.1 Å². The molecule has 0 bridgehead atoms. The second kappa shape index (κ2) is 9.93. The Kier molecular flexibility index (Phi) is 6.39. The second-order valence-electron chi connectivity index (χ2n) is 8.52. The highest BCUT2D eigenvalue weighted by atomic mass is 16.5. The number of aryl methyl sites for hydroxylation is 2. The summed E-state index contributed by atoms with van der Waals surface area (Å²) in [5, 5.41) is 13.7. The fourth-order valence-electron chi connectivity index (χ4n) is 4.47. The van der Waals surface area contributed by atoms with Gasteiger partial charge in [0, 0.05) is 25.2 Å². The lowest BCUT2D eigenvalue weighted by molar-refractivity contribution is -0.139. The summed E-state index contributed by atoms with van der Waals surface area (Å²) in [5.74, 6) is 2.23. The molecule has 0 radical (unpaired) electrons. The van der Waals surface area contributed by atoms with E-state index in [0.717, 1.165) is 59.2 Å². The lowest BCUT2D eigenvalue weighted by atomic mass is 10.0. The van der Waals surface area contributed by atoms with Crippen molar-refractivity contribution < 1.29 is 19.4 Å². The highest BCUT2D eigenvalue weighted by Gasteiger charge is 2.27. The average Bonchev–Trinajstić information content (AvgIpc) is 3.21. The van der Waals surface area contributed by atoms with Crippen LogP contribution in [0.5, 0.6) is 17.2 Å². The zero-order valence-corrected chi connectivity index (χ0v) is 19.6. The van der Waals surface area contributed by atoms with Crippen LogP contribution in [-0.4, -0.2) is 34.0 Å². The fourth-order valence-corrected chi connectivity index (χ4v) is 4.47. The number of hydrogen-bond donors (Lipinski definition) is 1. The molecule has 5 rings (SSSR count). The van der Waals surface area contributed by atoms with Crippen LogP contribution in [0.4, 0.5) is 5.82 Å². The first kappa shape index (κ1) is 22.5. The van der Waals surface area contributed by atoms with E-state index in [2.05, 4.69) is 15.6 Å². The minimum atomic E-state index is -0.991. The summed E-state index contributed by atoms with van der Waals surface area (Å²) in [5.41, 5.74) is 4.17. The Morgan fingerprint density at radius 2 is 1.69 bits per heavy atom. The minimum absolute atomic E-state index is 0.349. The van der Waals surface area contributed by atoms with Gasteiger partial charge in [0.15, 0.2) is 6.61 Å². The summed E-state index contributed by atoms with van der Waals surface area (Å²) in [7, 11) is 0. The van der Waals surface area contributed by atoms with Gasteiger partial charge in [0.1, 0.15) is 23.1 Å². The monoisotopic (exact) mass is 469 g/mol. The van der Waals surface area contributed by atoms with Crippen LogP contribution in [0.2, 0.25) is 0 Å². The SMILES string of the molecule is Cc1nn2c(c1-c1ccccc1Oc1ccccc1)N(Cc1ccc(OCC(=O)O)cc1)CCC2. The maximum Gasteiger partial charge on any atom is 0.341 e. The van der Waals surface area contributed by atoms with Crippen LogP contribution in [0.15, 0.2) is 78.9 Å². The van der Waals surface area contributed by atoms with Gasteiger partial charge in [-0.2, -0.15) is 5.10 Å². The molecule has 0 aliphatic carbocycles. The van der Waals surface area contributed by atoms with Gasteiger partial charge in [0.05, 0.1) is 11.3 Å². The third-order valence-corrected chi connectivity index (χ3v) is 5.98. The zero-order chi connectivity index (χ0) is 24.2. The molecule has 2 heterocycles. The van der Waals surface area contributed by atoms with E-state index in [-0.39, 0.29) is 6.61 Å². The number of para-hydroxylation sites is 2. The first-order valence-corrected chi connectivity index (χ1v) is 11.7. The molecule has 1 aliphatic heterocycles. The number of benzene rings is 3. The van der Waals surface area contributed by atoms with Crippen molar-refractivity contribution in [1.29, 1.82) is 0 Å². The number of aliphatic carboxylic acids is 1. The Morgan fingerprint density at radius 3 is 2.46 bits per heavy atom. The molecule has 1 aromatic heterocycles. The van der Waals surface area contributed by atoms with Crippen molar-refractivity contribution >= 4 is 11.8 Å². The molecule has 0 unspecified atom stereocenters. The van der Waals surface area contributed by atoms with Crippen LogP contribution in [-0.2, 0) is 17.9 Å². The van der Waals surface area contributed by atoms with E-state index in [0.29, 0.717) is 12.3 Å². The summed E-state index contributed by atoms with van der Waals surface area (Å²) in [4.78, 5) is 13.1. The first-order valence-electron chi connectivity index (χ1n) is 11.7. The van der Waals surface area contributed by atoms with Gasteiger partial charge in [-0.15, -0.1) is 0 Å². The van der Waals surface area contributed by atoms with Gasteiger partial charge in [-0.25, -0.2) is 9.48 Å². The minimum Gasteiger partial charge on any atom is -0.482 e. The van der Waals surface area contributed by atoms with Crippen molar-refractivity contribution in [1.82, 2.24) is 9.78 Å². The molecule has 0 amide bonds. The highest BCUT2D eigenvalue weighted by Crippen LogP contribution is 2.42. The van der Waals surface area contributed by atoms with Gasteiger partial charge in [0.2, 0.25) is 0 Å². The maximum atomic E-state index is 10.7. The number of aromatic nitrogens is 2. The topological polar surface area (TPSA) is 76.8 Å². The number of fused-ring (bicyclic) bond motifs is 1. The molecule has 35 heavy (non-hydrogen) atoms. The number of hydrogen-bond acceptors (Lipinski definition) is 5. The normalized spacial score (nSPS) is 12.8. The molecule has 7 heteroatoms. The molecule has 1 aliphatic rings. The maximum absolute atomic E-state index is 10.7. The van der Waals surface area contributed by atoms with E-state index in [1.807, 2.05) is 79.7 Å². The molecule has 0 saturated heterocycles. The van der Waals surface area contributed by atoms with E-state index in [1.165, 1.54) is 0 Å².